The number of anilines is 2. The largest absolute Gasteiger partial charge is 0.380 e. The van der Waals surface area contributed by atoms with Crippen molar-refractivity contribution in [1.29, 1.82) is 0 Å². The SMILES string of the molecule is CCN(C(=O)c1ccc(NCc2ccccc2C)cn1)c1cccc(C)c1. The lowest BCUT2D eigenvalue weighted by Gasteiger charge is -2.21. The Morgan fingerprint density at radius 1 is 1.04 bits per heavy atom. The molecule has 3 aromatic rings. The van der Waals surface area contributed by atoms with Gasteiger partial charge in [-0.3, -0.25) is 4.79 Å². The number of nitrogens with one attached hydrogen (secondary N) is 1. The van der Waals surface area contributed by atoms with E-state index in [0.717, 1.165) is 23.5 Å². The number of pyridine rings is 1. The van der Waals surface area contributed by atoms with Gasteiger partial charge in [0.2, 0.25) is 0 Å². The number of nitrogens with zero attached hydrogens (tertiary/aromatic N) is 2. The second-order valence-corrected chi connectivity index (χ2v) is 6.60. The number of aromatic nitrogens is 1. The molecule has 0 bridgehead atoms. The van der Waals surface area contributed by atoms with Crippen LogP contribution in [0.15, 0.2) is 66.9 Å². The summed E-state index contributed by atoms with van der Waals surface area (Å²) < 4.78 is 0. The molecule has 0 saturated heterocycles. The Hall–Kier alpha value is -3.14. The van der Waals surface area contributed by atoms with Crippen LogP contribution in [0.3, 0.4) is 0 Å². The first-order valence-corrected chi connectivity index (χ1v) is 9.21. The molecule has 27 heavy (non-hydrogen) atoms. The van der Waals surface area contributed by atoms with Gasteiger partial charge in [0, 0.05) is 18.8 Å². The Labute approximate surface area is 160 Å². The van der Waals surface area contributed by atoms with Crippen molar-refractivity contribution in [3.05, 3.63) is 89.2 Å². The highest BCUT2D eigenvalue weighted by molar-refractivity contribution is 6.04. The number of hydrogen-bond acceptors (Lipinski definition) is 3. The first-order valence-electron chi connectivity index (χ1n) is 9.21. The number of amides is 1. The molecule has 0 aliphatic rings. The van der Waals surface area contributed by atoms with Gasteiger partial charge in [-0.05, 0) is 61.7 Å². The van der Waals surface area contributed by atoms with E-state index >= 15 is 0 Å². The fourth-order valence-corrected chi connectivity index (χ4v) is 3.01. The molecule has 0 aliphatic carbocycles. The zero-order valence-electron chi connectivity index (χ0n) is 16.1. The van der Waals surface area contributed by atoms with E-state index in [0.29, 0.717) is 12.2 Å². The Kier molecular flexibility index (Phi) is 5.87. The maximum atomic E-state index is 12.9. The van der Waals surface area contributed by atoms with Crippen LogP contribution in [-0.2, 0) is 6.54 Å². The topological polar surface area (TPSA) is 45.2 Å². The van der Waals surface area contributed by atoms with Crippen molar-refractivity contribution in [2.45, 2.75) is 27.3 Å². The van der Waals surface area contributed by atoms with E-state index in [4.69, 9.17) is 0 Å². The highest BCUT2D eigenvalue weighted by atomic mass is 16.2. The fraction of sp³-hybridized carbons (Fsp3) is 0.217. The summed E-state index contributed by atoms with van der Waals surface area (Å²) in [5, 5.41) is 3.36. The predicted octanol–water partition coefficient (Wildman–Crippen LogP) is 4.98. The van der Waals surface area contributed by atoms with E-state index in [1.165, 1.54) is 11.1 Å². The summed E-state index contributed by atoms with van der Waals surface area (Å²) in [7, 11) is 0. The minimum absolute atomic E-state index is 0.0893. The molecule has 0 saturated carbocycles. The van der Waals surface area contributed by atoms with Gasteiger partial charge in [0.15, 0.2) is 0 Å². The average Bonchev–Trinajstić information content (AvgIpc) is 2.68. The molecule has 0 atom stereocenters. The number of aryl methyl sites for hydroxylation is 2. The summed E-state index contributed by atoms with van der Waals surface area (Å²) in [4.78, 5) is 19.0. The Balaban J connectivity index is 1.70. The summed E-state index contributed by atoms with van der Waals surface area (Å²) in [5.74, 6) is -0.0893. The molecule has 0 fully saturated rings. The van der Waals surface area contributed by atoms with Gasteiger partial charge in [0.25, 0.3) is 5.91 Å². The van der Waals surface area contributed by atoms with Crippen molar-refractivity contribution in [2.24, 2.45) is 0 Å². The molecular formula is C23H25N3O. The summed E-state index contributed by atoms with van der Waals surface area (Å²) in [6, 6.07) is 19.9. The molecular weight excluding hydrogens is 334 g/mol. The molecule has 1 heterocycles. The zero-order chi connectivity index (χ0) is 19.2. The number of rotatable bonds is 6. The van der Waals surface area contributed by atoms with Crippen LogP contribution >= 0.6 is 0 Å². The Morgan fingerprint density at radius 3 is 2.52 bits per heavy atom. The molecule has 0 aliphatic heterocycles. The van der Waals surface area contributed by atoms with Crippen molar-refractivity contribution in [1.82, 2.24) is 4.98 Å². The van der Waals surface area contributed by atoms with Crippen molar-refractivity contribution >= 4 is 17.3 Å². The monoisotopic (exact) mass is 359 g/mol. The van der Waals surface area contributed by atoms with Gasteiger partial charge in [0.1, 0.15) is 5.69 Å². The van der Waals surface area contributed by atoms with E-state index in [1.54, 1.807) is 17.2 Å². The van der Waals surface area contributed by atoms with E-state index in [2.05, 4.69) is 29.4 Å². The van der Waals surface area contributed by atoms with E-state index in [9.17, 15) is 4.79 Å². The summed E-state index contributed by atoms with van der Waals surface area (Å²) in [5.41, 5.74) is 5.86. The van der Waals surface area contributed by atoms with Gasteiger partial charge >= 0.3 is 0 Å². The van der Waals surface area contributed by atoms with E-state index in [-0.39, 0.29) is 5.91 Å². The number of carbonyl (C=O) groups is 1. The van der Waals surface area contributed by atoms with Crippen LogP contribution in [0.1, 0.15) is 34.1 Å². The Morgan fingerprint density at radius 2 is 1.85 bits per heavy atom. The van der Waals surface area contributed by atoms with Crippen LogP contribution in [0, 0.1) is 13.8 Å². The highest BCUT2D eigenvalue weighted by Gasteiger charge is 2.17. The quantitative estimate of drug-likeness (QED) is 0.675. The van der Waals surface area contributed by atoms with Crippen molar-refractivity contribution in [3.8, 4) is 0 Å². The lowest BCUT2D eigenvalue weighted by Crippen LogP contribution is -2.31. The molecule has 1 aromatic heterocycles. The number of benzene rings is 2. The lowest BCUT2D eigenvalue weighted by atomic mass is 10.1. The maximum absolute atomic E-state index is 12.9. The third kappa shape index (κ3) is 4.53. The van der Waals surface area contributed by atoms with Crippen LogP contribution < -0.4 is 10.2 Å². The lowest BCUT2D eigenvalue weighted by molar-refractivity contribution is 0.0983. The minimum atomic E-state index is -0.0893. The third-order valence-corrected chi connectivity index (χ3v) is 4.60. The van der Waals surface area contributed by atoms with Gasteiger partial charge in [-0.1, -0.05) is 36.4 Å². The molecule has 1 amide bonds. The summed E-state index contributed by atoms with van der Waals surface area (Å²) >= 11 is 0. The smallest absolute Gasteiger partial charge is 0.276 e. The maximum Gasteiger partial charge on any atom is 0.276 e. The standard InChI is InChI=1S/C23H25N3O/c1-4-26(21-11-7-8-17(2)14-21)23(27)22-13-12-20(16-25-22)24-15-19-10-6-5-9-18(19)3/h5-14,16,24H,4,15H2,1-3H3. The molecule has 138 valence electrons. The van der Waals surface area contributed by atoms with E-state index in [1.807, 2.05) is 56.3 Å². The molecule has 1 N–H and O–H groups in total. The second-order valence-electron chi connectivity index (χ2n) is 6.60. The van der Waals surface area contributed by atoms with E-state index < -0.39 is 0 Å². The first-order chi connectivity index (χ1) is 13.1. The van der Waals surface area contributed by atoms with Crippen LogP contribution in [0.25, 0.3) is 0 Å². The second kappa shape index (κ2) is 8.49. The summed E-state index contributed by atoms with van der Waals surface area (Å²) in [6.45, 7) is 7.41. The molecule has 0 spiro atoms. The molecule has 0 radical (unpaired) electrons. The highest BCUT2D eigenvalue weighted by Crippen LogP contribution is 2.19. The predicted molar refractivity (Wildman–Crippen MR) is 111 cm³/mol. The zero-order valence-corrected chi connectivity index (χ0v) is 16.1. The van der Waals surface area contributed by atoms with Gasteiger partial charge < -0.3 is 10.2 Å². The molecule has 0 unspecified atom stereocenters. The van der Waals surface area contributed by atoms with Gasteiger partial charge in [-0.25, -0.2) is 4.98 Å². The normalized spacial score (nSPS) is 10.5. The molecule has 3 rings (SSSR count). The molecule has 4 heteroatoms. The van der Waals surface area contributed by atoms with Crippen LogP contribution in [0.4, 0.5) is 11.4 Å². The van der Waals surface area contributed by atoms with Crippen molar-refractivity contribution in [3.63, 3.8) is 0 Å². The van der Waals surface area contributed by atoms with Gasteiger partial charge in [0.05, 0.1) is 11.9 Å². The Bertz CT molecular complexity index is 919. The first kappa shape index (κ1) is 18.6. The number of carbonyl (C=O) groups excluding carboxylic acids is 1. The summed E-state index contributed by atoms with van der Waals surface area (Å²) in [6.07, 6.45) is 1.72. The molecule has 4 nitrogen and oxygen atoms in total. The van der Waals surface area contributed by atoms with Gasteiger partial charge in [-0.15, -0.1) is 0 Å². The fourth-order valence-electron chi connectivity index (χ4n) is 3.01. The average molecular weight is 359 g/mol. The van der Waals surface area contributed by atoms with Crippen LogP contribution in [0.5, 0.6) is 0 Å². The minimum Gasteiger partial charge on any atom is -0.380 e. The van der Waals surface area contributed by atoms with Crippen LogP contribution in [-0.4, -0.2) is 17.4 Å². The van der Waals surface area contributed by atoms with Crippen molar-refractivity contribution in [2.75, 3.05) is 16.8 Å². The molecule has 2 aromatic carbocycles. The third-order valence-electron chi connectivity index (χ3n) is 4.60. The number of hydrogen-bond donors (Lipinski definition) is 1. The van der Waals surface area contributed by atoms with Gasteiger partial charge in [-0.2, -0.15) is 0 Å². The van der Waals surface area contributed by atoms with Crippen molar-refractivity contribution < 1.29 is 4.79 Å². The van der Waals surface area contributed by atoms with Crippen LogP contribution in [0.2, 0.25) is 0 Å².